The number of thiophene rings is 1. The largest absolute Gasteiger partial charge is 0.496 e. The average Bonchev–Trinajstić information content (AvgIpc) is 3.28. The topological polar surface area (TPSA) is 68.5 Å². The number of amides is 1. The van der Waals surface area contributed by atoms with Gasteiger partial charge in [-0.05, 0) is 73.2 Å². The van der Waals surface area contributed by atoms with Crippen molar-refractivity contribution < 1.29 is 18.3 Å². The Bertz CT molecular complexity index is 1440. The molecule has 0 spiro atoms. The van der Waals surface area contributed by atoms with Crippen LogP contribution in [0.1, 0.15) is 40.9 Å². The van der Waals surface area contributed by atoms with E-state index in [4.69, 9.17) is 22.1 Å². The van der Waals surface area contributed by atoms with Crippen LogP contribution in [0.4, 0.5) is 8.78 Å². The molecule has 0 atom stereocenters. The van der Waals surface area contributed by atoms with Crippen molar-refractivity contribution in [3.63, 3.8) is 0 Å². The molecule has 5 rings (SSSR count). The summed E-state index contributed by atoms with van der Waals surface area (Å²) in [6, 6.07) is 11.7. The van der Waals surface area contributed by atoms with Crippen molar-refractivity contribution in [3.05, 3.63) is 82.0 Å². The molecule has 0 unspecified atom stereocenters. The highest BCUT2D eigenvalue weighted by molar-refractivity contribution is 7.21. The first kappa shape index (κ1) is 25.6. The van der Waals surface area contributed by atoms with E-state index in [1.165, 1.54) is 0 Å². The van der Waals surface area contributed by atoms with E-state index >= 15 is 0 Å². The summed E-state index contributed by atoms with van der Waals surface area (Å²) in [5.41, 5.74) is 8.90. The summed E-state index contributed by atoms with van der Waals surface area (Å²) in [4.78, 5) is 20.0. The fourth-order valence-electron chi connectivity index (χ4n) is 4.96. The van der Waals surface area contributed by atoms with E-state index in [2.05, 4.69) is 4.98 Å². The van der Waals surface area contributed by atoms with Gasteiger partial charge in [0.15, 0.2) is 0 Å². The number of aromatic nitrogens is 1. The third-order valence-electron chi connectivity index (χ3n) is 6.95. The highest BCUT2D eigenvalue weighted by atomic mass is 35.5. The Morgan fingerprint density at radius 2 is 1.78 bits per heavy atom. The average molecular weight is 542 g/mol. The summed E-state index contributed by atoms with van der Waals surface area (Å²) in [5, 5.41) is -0.116. The van der Waals surface area contributed by atoms with Gasteiger partial charge >= 0.3 is 0 Å². The van der Waals surface area contributed by atoms with E-state index in [9.17, 15) is 13.6 Å². The van der Waals surface area contributed by atoms with Crippen LogP contribution in [0.3, 0.4) is 0 Å². The summed E-state index contributed by atoms with van der Waals surface area (Å²) in [6.45, 7) is 0.246. The fraction of sp³-hybridized carbons (Fsp3) is 0.286. The molecule has 0 saturated heterocycles. The van der Waals surface area contributed by atoms with Crippen molar-refractivity contribution >= 4 is 38.9 Å². The summed E-state index contributed by atoms with van der Waals surface area (Å²) >= 11 is 7.39. The van der Waals surface area contributed by atoms with Gasteiger partial charge in [0.05, 0.1) is 22.2 Å². The molecule has 37 heavy (non-hydrogen) atoms. The summed E-state index contributed by atoms with van der Waals surface area (Å²) in [7, 11) is 1.59. The van der Waals surface area contributed by atoms with Gasteiger partial charge in [-0.3, -0.25) is 9.78 Å². The third-order valence-corrected chi connectivity index (χ3v) is 8.63. The van der Waals surface area contributed by atoms with E-state index in [-0.39, 0.29) is 44.5 Å². The van der Waals surface area contributed by atoms with E-state index < -0.39 is 11.6 Å². The van der Waals surface area contributed by atoms with Crippen LogP contribution in [0.15, 0.2) is 54.9 Å². The quantitative estimate of drug-likeness (QED) is 0.291. The van der Waals surface area contributed by atoms with E-state index in [0.717, 1.165) is 65.8 Å². The Kier molecular flexibility index (Phi) is 7.42. The van der Waals surface area contributed by atoms with Crippen molar-refractivity contribution in [1.29, 1.82) is 0 Å². The highest BCUT2D eigenvalue weighted by Gasteiger charge is 2.32. The normalized spacial score (nSPS) is 17.6. The first-order valence-electron chi connectivity index (χ1n) is 12.1. The van der Waals surface area contributed by atoms with Crippen LogP contribution in [0, 0.1) is 11.6 Å². The number of nitrogens with two attached hydrogens (primary N) is 1. The number of ether oxygens (including phenoxy) is 1. The molecule has 5 nitrogen and oxygen atoms in total. The molecular formula is C28H26ClF2N3O2S. The van der Waals surface area contributed by atoms with Gasteiger partial charge in [-0.25, -0.2) is 8.78 Å². The lowest BCUT2D eigenvalue weighted by molar-refractivity contribution is 0.0610. The molecule has 0 radical (unpaired) electrons. The molecular weight excluding hydrogens is 516 g/mol. The molecule has 2 N–H and O–H groups in total. The lowest BCUT2D eigenvalue weighted by Crippen LogP contribution is -2.43. The molecule has 2 aromatic heterocycles. The van der Waals surface area contributed by atoms with Crippen molar-refractivity contribution in [2.45, 2.75) is 44.3 Å². The molecule has 9 heteroatoms. The maximum absolute atomic E-state index is 14.5. The SMILES string of the molecule is COc1ccc(-c2ccncc2)cc1CN(C(=O)c1sc2c(F)ccc(F)c2c1Cl)C1CCC(N)CC1. The Morgan fingerprint density at radius 1 is 1.08 bits per heavy atom. The van der Waals surface area contributed by atoms with Gasteiger partial charge in [0.25, 0.3) is 5.91 Å². The molecule has 1 saturated carbocycles. The minimum absolute atomic E-state index is 0.0382. The lowest BCUT2D eigenvalue weighted by atomic mass is 9.90. The van der Waals surface area contributed by atoms with Crippen molar-refractivity contribution in [1.82, 2.24) is 9.88 Å². The highest BCUT2D eigenvalue weighted by Crippen LogP contribution is 2.40. The number of rotatable bonds is 6. The number of fused-ring (bicyclic) bond motifs is 1. The maximum atomic E-state index is 14.5. The van der Waals surface area contributed by atoms with Gasteiger partial charge in [0.2, 0.25) is 0 Å². The van der Waals surface area contributed by atoms with Crippen molar-refractivity contribution in [2.75, 3.05) is 7.11 Å². The Balaban J connectivity index is 1.57. The Hall–Kier alpha value is -3.07. The first-order chi connectivity index (χ1) is 17.9. The second-order valence-corrected chi connectivity index (χ2v) is 10.6. The summed E-state index contributed by atoms with van der Waals surface area (Å²) in [5.74, 6) is -0.979. The molecule has 0 bridgehead atoms. The second kappa shape index (κ2) is 10.7. The Labute approximate surface area is 222 Å². The summed E-state index contributed by atoms with van der Waals surface area (Å²) in [6.07, 6.45) is 6.47. The lowest BCUT2D eigenvalue weighted by Gasteiger charge is -2.36. The van der Waals surface area contributed by atoms with Gasteiger partial charge in [0, 0.05) is 36.6 Å². The molecule has 192 valence electrons. The van der Waals surface area contributed by atoms with Gasteiger partial charge in [-0.1, -0.05) is 17.7 Å². The number of halogens is 3. The molecule has 0 aliphatic heterocycles. The van der Waals surface area contributed by atoms with Crippen LogP contribution in [0.25, 0.3) is 21.2 Å². The zero-order valence-electron chi connectivity index (χ0n) is 20.2. The number of carbonyl (C=O) groups is 1. The number of benzene rings is 2. The molecule has 1 aliphatic rings. The maximum Gasteiger partial charge on any atom is 0.266 e. The Morgan fingerprint density at radius 3 is 2.46 bits per heavy atom. The fourth-order valence-corrected chi connectivity index (χ4v) is 6.46. The molecule has 1 amide bonds. The molecule has 2 aromatic carbocycles. The van der Waals surface area contributed by atoms with Gasteiger partial charge in [-0.15, -0.1) is 11.3 Å². The van der Waals surface area contributed by atoms with E-state index in [1.54, 1.807) is 24.4 Å². The predicted molar refractivity (Wildman–Crippen MR) is 143 cm³/mol. The van der Waals surface area contributed by atoms with Gasteiger partial charge in [0.1, 0.15) is 22.3 Å². The van der Waals surface area contributed by atoms with E-state index in [1.807, 2.05) is 30.3 Å². The molecule has 1 aliphatic carbocycles. The van der Waals surface area contributed by atoms with Crippen LogP contribution in [0.5, 0.6) is 5.75 Å². The van der Waals surface area contributed by atoms with Gasteiger partial charge < -0.3 is 15.4 Å². The number of carbonyl (C=O) groups excluding carboxylic acids is 1. The number of methoxy groups -OCH3 is 1. The molecule has 4 aromatic rings. The molecule has 1 fully saturated rings. The summed E-state index contributed by atoms with van der Waals surface area (Å²) < 4.78 is 34.7. The van der Waals surface area contributed by atoms with Crippen LogP contribution in [-0.2, 0) is 6.54 Å². The van der Waals surface area contributed by atoms with Crippen LogP contribution in [0.2, 0.25) is 5.02 Å². The zero-order valence-corrected chi connectivity index (χ0v) is 21.8. The number of hydrogen-bond acceptors (Lipinski definition) is 5. The zero-order chi connectivity index (χ0) is 26.1. The monoisotopic (exact) mass is 541 g/mol. The van der Waals surface area contributed by atoms with Crippen LogP contribution in [-0.4, -0.2) is 35.0 Å². The van der Waals surface area contributed by atoms with Crippen molar-refractivity contribution in [2.24, 2.45) is 5.73 Å². The number of hydrogen-bond donors (Lipinski definition) is 1. The number of pyridine rings is 1. The van der Waals surface area contributed by atoms with Gasteiger partial charge in [-0.2, -0.15) is 0 Å². The number of nitrogens with zero attached hydrogens (tertiary/aromatic N) is 2. The van der Waals surface area contributed by atoms with E-state index in [0.29, 0.717) is 5.75 Å². The van der Waals surface area contributed by atoms with Crippen molar-refractivity contribution in [3.8, 4) is 16.9 Å². The van der Waals surface area contributed by atoms with Crippen LogP contribution < -0.4 is 10.5 Å². The minimum Gasteiger partial charge on any atom is -0.496 e. The first-order valence-corrected chi connectivity index (χ1v) is 13.3. The minimum atomic E-state index is -0.654. The predicted octanol–water partition coefficient (Wildman–Crippen LogP) is 6.82. The van der Waals surface area contributed by atoms with Crippen LogP contribution >= 0.6 is 22.9 Å². The smallest absolute Gasteiger partial charge is 0.266 e. The second-order valence-electron chi connectivity index (χ2n) is 9.24. The third kappa shape index (κ3) is 5.06. The standard InChI is InChI=1S/C28H26ClF2N3O2S/c1-36-23-9-2-17(16-10-12-33-13-11-16)14-18(23)15-34(20-5-3-19(32)4-6-20)28(35)27-25(29)24-21(30)7-8-22(31)26(24)37-27/h2,7-14,19-20H,3-6,15,32H2,1H3. The molecule has 2 heterocycles.